The van der Waals surface area contributed by atoms with Gasteiger partial charge < -0.3 is 15.3 Å². The Morgan fingerprint density at radius 1 is 1.32 bits per heavy atom. The zero-order valence-corrected chi connectivity index (χ0v) is 12.3. The van der Waals surface area contributed by atoms with Gasteiger partial charge in [0.15, 0.2) is 0 Å². The van der Waals surface area contributed by atoms with Crippen molar-refractivity contribution in [1.29, 1.82) is 0 Å². The number of hydrogen-bond acceptors (Lipinski definition) is 3. The van der Waals surface area contributed by atoms with E-state index in [9.17, 15) is 9.90 Å². The van der Waals surface area contributed by atoms with Gasteiger partial charge in [0.1, 0.15) is 0 Å². The Balaban J connectivity index is 1.83. The van der Waals surface area contributed by atoms with Crippen molar-refractivity contribution in [3.8, 4) is 0 Å². The van der Waals surface area contributed by atoms with Gasteiger partial charge in [-0.1, -0.05) is 12.8 Å². The summed E-state index contributed by atoms with van der Waals surface area (Å²) >= 11 is 0. The summed E-state index contributed by atoms with van der Waals surface area (Å²) in [6.45, 7) is 7.02. The van der Waals surface area contributed by atoms with Crippen LogP contribution in [0.25, 0.3) is 0 Å². The number of carboxylic acids is 1. The molecule has 0 spiro atoms. The van der Waals surface area contributed by atoms with Gasteiger partial charge in [0.2, 0.25) is 0 Å². The van der Waals surface area contributed by atoms with E-state index in [0.717, 1.165) is 19.5 Å². The maximum atomic E-state index is 11.5. The molecule has 2 unspecified atom stereocenters. The standard InChI is InChI=1S/C15H28N2O2/c1-11(2)17-8-7-12(10-17)14(15(18)19)9-16-13-5-3-4-6-13/h11-14,16H,3-10H2,1-2H3,(H,18,19). The van der Waals surface area contributed by atoms with Crippen molar-refractivity contribution in [3.63, 3.8) is 0 Å². The lowest BCUT2D eigenvalue weighted by atomic mass is 9.91. The van der Waals surface area contributed by atoms with Crippen LogP contribution in [0.3, 0.4) is 0 Å². The Hall–Kier alpha value is -0.610. The van der Waals surface area contributed by atoms with Crippen LogP contribution in [0.4, 0.5) is 0 Å². The number of nitrogens with one attached hydrogen (secondary N) is 1. The van der Waals surface area contributed by atoms with E-state index >= 15 is 0 Å². The van der Waals surface area contributed by atoms with E-state index in [4.69, 9.17) is 0 Å². The van der Waals surface area contributed by atoms with Crippen molar-refractivity contribution < 1.29 is 9.90 Å². The number of hydrogen-bond donors (Lipinski definition) is 2. The summed E-state index contributed by atoms with van der Waals surface area (Å²) in [5.74, 6) is -0.528. The monoisotopic (exact) mass is 268 g/mol. The lowest BCUT2D eigenvalue weighted by Gasteiger charge is -2.24. The first-order chi connectivity index (χ1) is 9.08. The van der Waals surface area contributed by atoms with E-state index in [-0.39, 0.29) is 5.92 Å². The van der Waals surface area contributed by atoms with Crippen molar-refractivity contribution in [2.24, 2.45) is 11.8 Å². The minimum Gasteiger partial charge on any atom is -0.481 e. The van der Waals surface area contributed by atoms with Gasteiger partial charge in [-0.05, 0) is 45.6 Å². The molecule has 2 aliphatic rings. The van der Waals surface area contributed by atoms with Gasteiger partial charge in [-0.25, -0.2) is 0 Å². The average Bonchev–Trinajstić information content (AvgIpc) is 2.98. The minimum absolute atomic E-state index is 0.218. The molecule has 1 saturated heterocycles. The fourth-order valence-corrected chi connectivity index (χ4v) is 3.49. The van der Waals surface area contributed by atoms with Crippen LogP contribution in [0.1, 0.15) is 46.0 Å². The normalized spacial score (nSPS) is 27.2. The molecular formula is C15H28N2O2. The van der Waals surface area contributed by atoms with Gasteiger partial charge in [0.25, 0.3) is 0 Å². The molecule has 0 bridgehead atoms. The Morgan fingerprint density at radius 3 is 2.53 bits per heavy atom. The van der Waals surface area contributed by atoms with Gasteiger partial charge in [-0.15, -0.1) is 0 Å². The van der Waals surface area contributed by atoms with Crippen molar-refractivity contribution in [3.05, 3.63) is 0 Å². The zero-order valence-electron chi connectivity index (χ0n) is 12.3. The average molecular weight is 268 g/mol. The highest BCUT2D eigenvalue weighted by Gasteiger charge is 2.34. The molecule has 2 atom stereocenters. The van der Waals surface area contributed by atoms with Crippen LogP contribution in [0.2, 0.25) is 0 Å². The molecule has 2 fully saturated rings. The highest BCUT2D eigenvalue weighted by Crippen LogP contribution is 2.26. The maximum Gasteiger partial charge on any atom is 0.308 e. The molecule has 0 amide bonds. The van der Waals surface area contributed by atoms with E-state index in [1.165, 1.54) is 25.7 Å². The Morgan fingerprint density at radius 2 is 2.00 bits per heavy atom. The quantitative estimate of drug-likeness (QED) is 0.773. The maximum absolute atomic E-state index is 11.5. The Kier molecular flexibility index (Phi) is 5.22. The smallest absolute Gasteiger partial charge is 0.308 e. The Bertz CT molecular complexity index is 301. The molecule has 0 radical (unpaired) electrons. The number of aliphatic carboxylic acids is 1. The van der Waals surface area contributed by atoms with E-state index in [0.29, 0.717) is 24.5 Å². The molecule has 4 nitrogen and oxygen atoms in total. The minimum atomic E-state index is -0.624. The summed E-state index contributed by atoms with van der Waals surface area (Å²) in [6.07, 6.45) is 6.05. The number of carboxylic acid groups (broad SMARTS) is 1. The molecule has 2 rings (SSSR count). The van der Waals surface area contributed by atoms with E-state index in [1.54, 1.807) is 0 Å². The molecule has 4 heteroatoms. The third-order valence-electron chi connectivity index (χ3n) is 4.85. The van der Waals surface area contributed by atoms with Gasteiger partial charge in [0.05, 0.1) is 5.92 Å². The summed E-state index contributed by atoms with van der Waals surface area (Å²) in [4.78, 5) is 13.9. The van der Waals surface area contributed by atoms with E-state index < -0.39 is 5.97 Å². The van der Waals surface area contributed by atoms with Crippen LogP contribution >= 0.6 is 0 Å². The summed E-state index contributed by atoms with van der Waals surface area (Å²) < 4.78 is 0. The molecule has 110 valence electrons. The fraction of sp³-hybridized carbons (Fsp3) is 0.933. The first kappa shape index (κ1) is 14.8. The number of nitrogens with zero attached hydrogens (tertiary/aromatic N) is 1. The second-order valence-electron chi connectivity index (χ2n) is 6.47. The molecule has 1 saturated carbocycles. The number of likely N-dealkylation sites (tertiary alicyclic amines) is 1. The van der Waals surface area contributed by atoms with Crippen molar-refractivity contribution in [1.82, 2.24) is 10.2 Å². The molecular weight excluding hydrogens is 240 g/mol. The third kappa shape index (κ3) is 3.93. The van der Waals surface area contributed by atoms with Crippen LogP contribution in [-0.2, 0) is 4.79 Å². The largest absolute Gasteiger partial charge is 0.481 e. The van der Waals surface area contributed by atoms with Crippen LogP contribution in [-0.4, -0.2) is 47.7 Å². The molecule has 1 aliphatic heterocycles. The first-order valence-corrected chi connectivity index (χ1v) is 7.78. The fourth-order valence-electron chi connectivity index (χ4n) is 3.49. The van der Waals surface area contributed by atoms with Crippen LogP contribution in [0.5, 0.6) is 0 Å². The van der Waals surface area contributed by atoms with Gasteiger partial charge in [-0.2, -0.15) is 0 Å². The molecule has 0 aromatic heterocycles. The summed E-state index contributed by atoms with van der Waals surface area (Å²) in [5, 5.41) is 13.0. The highest BCUT2D eigenvalue weighted by molar-refractivity contribution is 5.70. The summed E-state index contributed by atoms with van der Waals surface area (Å²) in [6, 6.07) is 1.09. The second kappa shape index (κ2) is 6.71. The van der Waals surface area contributed by atoms with E-state index in [2.05, 4.69) is 24.1 Å². The van der Waals surface area contributed by atoms with Gasteiger partial charge >= 0.3 is 5.97 Å². The van der Waals surface area contributed by atoms with Crippen molar-refractivity contribution in [2.75, 3.05) is 19.6 Å². The Labute approximate surface area is 116 Å². The molecule has 0 aromatic rings. The SMILES string of the molecule is CC(C)N1CCC(C(CNC2CCCC2)C(=O)O)C1. The molecule has 19 heavy (non-hydrogen) atoms. The third-order valence-corrected chi connectivity index (χ3v) is 4.85. The lowest BCUT2D eigenvalue weighted by Crippen LogP contribution is -2.39. The van der Waals surface area contributed by atoms with Crippen LogP contribution in [0.15, 0.2) is 0 Å². The van der Waals surface area contributed by atoms with E-state index in [1.807, 2.05) is 0 Å². The topological polar surface area (TPSA) is 52.6 Å². The number of rotatable bonds is 6. The number of carbonyl (C=O) groups is 1. The summed E-state index contributed by atoms with van der Waals surface area (Å²) in [7, 11) is 0. The van der Waals surface area contributed by atoms with Crippen molar-refractivity contribution >= 4 is 5.97 Å². The summed E-state index contributed by atoms with van der Waals surface area (Å²) in [5.41, 5.74) is 0. The molecule has 1 heterocycles. The predicted molar refractivity (Wildman–Crippen MR) is 76.2 cm³/mol. The van der Waals surface area contributed by atoms with Gasteiger partial charge in [-0.3, -0.25) is 4.79 Å². The predicted octanol–water partition coefficient (Wildman–Crippen LogP) is 1.95. The highest BCUT2D eigenvalue weighted by atomic mass is 16.4. The zero-order chi connectivity index (χ0) is 13.8. The van der Waals surface area contributed by atoms with Gasteiger partial charge in [0, 0.05) is 25.2 Å². The lowest BCUT2D eigenvalue weighted by molar-refractivity contribution is -0.143. The first-order valence-electron chi connectivity index (χ1n) is 7.78. The molecule has 1 aliphatic carbocycles. The van der Waals surface area contributed by atoms with Crippen LogP contribution < -0.4 is 5.32 Å². The molecule has 0 aromatic carbocycles. The van der Waals surface area contributed by atoms with Crippen molar-refractivity contribution in [2.45, 2.75) is 58.0 Å². The molecule has 2 N–H and O–H groups in total. The second-order valence-corrected chi connectivity index (χ2v) is 6.47. The van der Waals surface area contributed by atoms with Crippen LogP contribution in [0, 0.1) is 11.8 Å².